The Labute approximate surface area is 186 Å². The van der Waals surface area contributed by atoms with Gasteiger partial charge in [-0.2, -0.15) is 0 Å². The van der Waals surface area contributed by atoms with Gasteiger partial charge < -0.3 is 0 Å². The summed E-state index contributed by atoms with van der Waals surface area (Å²) >= 11 is 1.53. The van der Waals surface area contributed by atoms with Crippen molar-refractivity contribution in [2.45, 2.75) is 37.5 Å². The van der Waals surface area contributed by atoms with Gasteiger partial charge in [-0.3, -0.25) is 14.4 Å². The van der Waals surface area contributed by atoms with Gasteiger partial charge in [0.05, 0.1) is 16.3 Å². The lowest BCUT2D eigenvalue weighted by Gasteiger charge is -2.19. The second-order valence-electron chi connectivity index (χ2n) is 8.17. The molecule has 1 amide bonds. The highest BCUT2D eigenvalue weighted by atomic mass is 32.2. The number of sulfonamides is 1. The van der Waals surface area contributed by atoms with E-state index in [1.165, 1.54) is 32.7 Å². The first-order chi connectivity index (χ1) is 14.9. The van der Waals surface area contributed by atoms with Gasteiger partial charge in [-0.1, -0.05) is 25.1 Å². The Hall–Kier alpha value is -2.71. The quantitative estimate of drug-likeness (QED) is 0.640. The number of nitrogens with one attached hydrogen (secondary N) is 1. The molecule has 6 nitrogen and oxygen atoms in total. The number of hydrogen-bond acceptors (Lipinski definition) is 5. The molecule has 0 fully saturated rings. The van der Waals surface area contributed by atoms with Gasteiger partial charge in [-0.15, -0.1) is 11.3 Å². The summed E-state index contributed by atoms with van der Waals surface area (Å²) in [5.74, 6) is 0.364. The van der Waals surface area contributed by atoms with E-state index in [9.17, 15) is 13.2 Å². The maximum absolute atomic E-state index is 13.1. The Kier molecular flexibility index (Phi) is 5.06. The van der Waals surface area contributed by atoms with Crippen LogP contribution >= 0.6 is 11.3 Å². The first kappa shape index (κ1) is 20.2. The van der Waals surface area contributed by atoms with E-state index in [1.54, 1.807) is 12.1 Å². The van der Waals surface area contributed by atoms with Gasteiger partial charge in [0.1, 0.15) is 0 Å². The van der Waals surface area contributed by atoms with Crippen LogP contribution in [0.4, 0.5) is 10.8 Å². The van der Waals surface area contributed by atoms with Crippen molar-refractivity contribution in [2.75, 3.05) is 16.2 Å². The molecule has 31 heavy (non-hydrogen) atoms. The minimum Gasteiger partial charge on any atom is -0.298 e. The van der Waals surface area contributed by atoms with Gasteiger partial charge >= 0.3 is 0 Å². The van der Waals surface area contributed by atoms with Crippen LogP contribution in [-0.4, -0.2) is 25.9 Å². The van der Waals surface area contributed by atoms with E-state index in [-0.39, 0.29) is 10.8 Å². The molecule has 0 spiro atoms. The van der Waals surface area contributed by atoms with Gasteiger partial charge in [-0.25, -0.2) is 13.4 Å². The summed E-state index contributed by atoms with van der Waals surface area (Å²) < 4.78 is 27.7. The van der Waals surface area contributed by atoms with Crippen LogP contribution in [0.5, 0.6) is 0 Å². The zero-order valence-corrected chi connectivity index (χ0v) is 18.8. The van der Waals surface area contributed by atoms with Crippen LogP contribution in [0.2, 0.25) is 0 Å². The molecule has 1 aromatic heterocycles. The summed E-state index contributed by atoms with van der Waals surface area (Å²) in [7, 11) is -3.67. The van der Waals surface area contributed by atoms with Crippen LogP contribution in [0.3, 0.4) is 0 Å². The van der Waals surface area contributed by atoms with Gasteiger partial charge in [0.15, 0.2) is 5.13 Å². The van der Waals surface area contributed by atoms with Crippen molar-refractivity contribution in [1.29, 1.82) is 0 Å². The normalized spacial score (nSPS) is 17.8. The number of carbonyl (C=O) groups excluding carboxylic acids is 1. The highest BCUT2D eigenvalue weighted by Crippen LogP contribution is 2.34. The maximum Gasteiger partial charge on any atom is 0.264 e. The molecule has 0 unspecified atom stereocenters. The Morgan fingerprint density at radius 2 is 1.90 bits per heavy atom. The Morgan fingerprint density at radius 1 is 1.13 bits per heavy atom. The van der Waals surface area contributed by atoms with E-state index in [1.807, 2.05) is 24.3 Å². The molecule has 8 heteroatoms. The van der Waals surface area contributed by atoms with Crippen molar-refractivity contribution in [2.24, 2.45) is 5.92 Å². The van der Waals surface area contributed by atoms with Crippen molar-refractivity contribution in [3.63, 3.8) is 0 Å². The van der Waals surface area contributed by atoms with Gasteiger partial charge in [0.2, 0.25) is 0 Å². The molecule has 3 aromatic rings. The van der Waals surface area contributed by atoms with E-state index >= 15 is 0 Å². The number of fused-ring (bicyclic) bond motifs is 2. The lowest BCUT2D eigenvalue weighted by Crippen LogP contribution is -2.29. The highest BCUT2D eigenvalue weighted by Gasteiger charge is 2.30. The number of carbonyl (C=O) groups is 1. The number of para-hydroxylation sites is 1. The minimum absolute atomic E-state index is 0.180. The number of amides is 1. The van der Waals surface area contributed by atoms with Gasteiger partial charge in [0.25, 0.3) is 15.9 Å². The predicted octanol–water partition coefficient (Wildman–Crippen LogP) is 4.27. The molecule has 1 aliphatic heterocycles. The first-order valence-corrected chi connectivity index (χ1v) is 12.7. The number of nitrogens with zero attached hydrogens (tertiary/aromatic N) is 2. The zero-order valence-electron chi connectivity index (χ0n) is 17.2. The average Bonchev–Trinajstić information content (AvgIpc) is 3.37. The molecule has 160 valence electrons. The van der Waals surface area contributed by atoms with Crippen molar-refractivity contribution in [3.05, 3.63) is 70.2 Å². The number of rotatable bonds is 4. The number of hydrogen-bond donors (Lipinski definition) is 1. The molecule has 0 radical (unpaired) electrons. The predicted molar refractivity (Wildman–Crippen MR) is 122 cm³/mol. The van der Waals surface area contributed by atoms with E-state index < -0.39 is 10.0 Å². The largest absolute Gasteiger partial charge is 0.298 e. The van der Waals surface area contributed by atoms with Gasteiger partial charge in [-0.05, 0) is 67.5 Å². The molecule has 0 saturated heterocycles. The lowest BCUT2D eigenvalue weighted by molar-refractivity contribution is 0.102. The third kappa shape index (κ3) is 3.74. The number of aromatic nitrogens is 1. The zero-order chi connectivity index (χ0) is 21.6. The van der Waals surface area contributed by atoms with Crippen LogP contribution in [0.1, 0.15) is 39.8 Å². The summed E-state index contributed by atoms with van der Waals surface area (Å²) in [5.41, 5.74) is 3.25. The first-order valence-electron chi connectivity index (χ1n) is 10.4. The fourth-order valence-electron chi connectivity index (χ4n) is 4.23. The van der Waals surface area contributed by atoms with E-state index in [0.717, 1.165) is 36.2 Å². The Bertz CT molecular complexity index is 1250. The molecular formula is C23H23N3O3S2. The summed E-state index contributed by atoms with van der Waals surface area (Å²) in [6, 6.07) is 13.7. The molecule has 1 atom stereocenters. The number of aryl methyl sites for hydroxylation is 1. The number of anilines is 2. The fourth-order valence-corrected chi connectivity index (χ4v) is 6.90. The third-order valence-corrected chi connectivity index (χ3v) is 8.82. The smallest absolute Gasteiger partial charge is 0.264 e. The van der Waals surface area contributed by atoms with Crippen LogP contribution in [0, 0.1) is 5.92 Å². The molecular weight excluding hydrogens is 430 g/mol. The minimum atomic E-state index is -3.67. The summed E-state index contributed by atoms with van der Waals surface area (Å²) in [6.07, 6.45) is 3.79. The summed E-state index contributed by atoms with van der Waals surface area (Å²) in [5, 5.41) is 3.47. The van der Waals surface area contributed by atoms with Crippen LogP contribution in [-0.2, 0) is 29.3 Å². The highest BCUT2D eigenvalue weighted by molar-refractivity contribution is 7.92. The molecule has 5 rings (SSSR count). The summed E-state index contributed by atoms with van der Waals surface area (Å²) in [4.78, 5) is 18.7. The molecule has 0 saturated carbocycles. The average molecular weight is 454 g/mol. The fraction of sp³-hybridized carbons (Fsp3) is 0.304. The molecule has 1 N–H and O–H groups in total. The number of thiazole rings is 1. The van der Waals surface area contributed by atoms with E-state index in [2.05, 4.69) is 17.2 Å². The van der Waals surface area contributed by atoms with Crippen LogP contribution < -0.4 is 9.62 Å². The Morgan fingerprint density at radius 3 is 2.71 bits per heavy atom. The third-order valence-electron chi connectivity index (χ3n) is 5.96. The van der Waals surface area contributed by atoms with Crippen molar-refractivity contribution >= 4 is 38.1 Å². The maximum atomic E-state index is 13.1. The molecule has 2 heterocycles. The lowest BCUT2D eigenvalue weighted by atomic mass is 9.93. The summed E-state index contributed by atoms with van der Waals surface area (Å²) in [6.45, 7) is 2.66. The van der Waals surface area contributed by atoms with Crippen molar-refractivity contribution in [3.8, 4) is 0 Å². The topological polar surface area (TPSA) is 79.4 Å². The standard InChI is InChI=1S/C23H23N3O3S2/c1-15-6-11-19-21(14-15)30-23(24-19)25-22(27)17-7-9-18(10-8-17)31(28,29)26-13-12-16-4-2-3-5-20(16)26/h2-5,7-10,15H,6,11-14H2,1H3,(H,24,25,27)/t15-/m1/s1. The van der Waals surface area contributed by atoms with Crippen LogP contribution in [0.25, 0.3) is 0 Å². The van der Waals surface area contributed by atoms with Crippen molar-refractivity contribution < 1.29 is 13.2 Å². The van der Waals surface area contributed by atoms with Crippen molar-refractivity contribution in [1.82, 2.24) is 4.98 Å². The van der Waals surface area contributed by atoms with E-state index in [4.69, 9.17) is 0 Å². The molecule has 2 aromatic carbocycles. The van der Waals surface area contributed by atoms with E-state index in [0.29, 0.717) is 29.6 Å². The van der Waals surface area contributed by atoms with Crippen LogP contribution in [0.15, 0.2) is 53.4 Å². The molecule has 1 aliphatic carbocycles. The molecule has 2 aliphatic rings. The molecule has 0 bridgehead atoms. The number of benzene rings is 2. The SMILES string of the molecule is C[C@@H]1CCc2nc(NC(=O)c3ccc(S(=O)(=O)N4CCc5ccccc54)cc3)sc2C1. The second kappa shape index (κ2) is 7.76. The monoisotopic (exact) mass is 453 g/mol. The van der Waals surface area contributed by atoms with Gasteiger partial charge in [0, 0.05) is 17.0 Å². The second-order valence-corrected chi connectivity index (χ2v) is 11.1. The Balaban J connectivity index is 1.33.